The number of aliphatic hydroxyl groups is 1. The number of unbranched alkanes of at least 4 members (excludes halogenated alkanes) is 2. The molecule has 1 aliphatic carbocycles. The van der Waals surface area contributed by atoms with E-state index in [1.165, 1.54) is 49.7 Å². The number of hydrogen-bond acceptors (Lipinski definition) is 5. The molecule has 0 fully saturated rings. The summed E-state index contributed by atoms with van der Waals surface area (Å²) in [6, 6.07) is 12.0. The SMILES string of the molecule is C=C.C=C.CCCCC(CC)CC1(CC(CC)CCCC)c2cc(B(O)O)ccc2-c2ccc(B(O)OCCO)cc21. The summed E-state index contributed by atoms with van der Waals surface area (Å²) in [7, 11) is -2.62. The van der Waals surface area contributed by atoms with Gasteiger partial charge in [0.25, 0.3) is 0 Å². The molecule has 7 heteroatoms. The average Bonchev–Trinajstić information content (AvgIpc) is 3.29. The Morgan fingerprint density at radius 3 is 1.60 bits per heavy atom. The van der Waals surface area contributed by atoms with Gasteiger partial charge in [-0.3, -0.25) is 0 Å². The molecule has 0 bridgehead atoms. The smallest absolute Gasteiger partial charge is 0.423 e. The summed E-state index contributed by atoms with van der Waals surface area (Å²) in [5.74, 6) is 1.08. The van der Waals surface area contributed by atoms with E-state index in [0.29, 0.717) is 22.8 Å². The first-order valence-corrected chi connectivity index (χ1v) is 15.9. The number of hydrogen-bond donors (Lipinski definition) is 4. The summed E-state index contributed by atoms with van der Waals surface area (Å²) in [4.78, 5) is 0. The van der Waals surface area contributed by atoms with Gasteiger partial charge >= 0.3 is 14.2 Å². The number of benzene rings is 2. The largest absolute Gasteiger partial charge is 0.491 e. The van der Waals surface area contributed by atoms with Crippen LogP contribution in [0.3, 0.4) is 0 Å². The lowest BCUT2D eigenvalue weighted by atomic mass is 9.63. The maximum Gasteiger partial charge on any atom is 0.491 e. The number of aliphatic hydroxyl groups excluding tert-OH is 1. The fourth-order valence-corrected chi connectivity index (χ4v) is 6.50. The summed E-state index contributed by atoms with van der Waals surface area (Å²) < 4.78 is 5.48. The predicted octanol–water partition coefficient (Wildman–Crippen LogP) is 6.15. The van der Waals surface area contributed by atoms with E-state index in [1.54, 1.807) is 0 Å². The zero-order valence-electron chi connectivity index (χ0n) is 26.8. The van der Waals surface area contributed by atoms with Crippen LogP contribution in [0.2, 0.25) is 0 Å². The van der Waals surface area contributed by atoms with Gasteiger partial charge < -0.3 is 24.8 Å². The molecule has 0 aliphatic heterocycles. The Kier molecular flexibility index (Phi) is 18.0. The highest BCUT2D eigenvalue weighted by atomic mass is 16.5. The van der Waals surface area contributed by atoms with Crippen LogP contribution in [0.25, 0.3) is 11.1 Å². The fourth-order valence-electron chi connectivity index (χ4n) is 6.50. The molecule has 0 aromatic heterocycles. The van der Waals surface area contributed by atoms with Crippen molar-refractivity contribution in [3.8, 4) is 11.1 Å². The molecule has 0 spiro atoms. The van der Waals surface area contributed by atoms with Gasteiger partial charge in [0, 0.05) is 5.41 Å². The molecule has 5 nitrogen and oxygen atoms in total. The minimum atomic E-state index is -1.52. The second-order valence-corrected chi connectivity index (χ2v) is 11.3. The van der Waals surface area contributed by atoms with E-state index in [9.17, 15) is 20.2 Å². The van der Waals surface area contributed by atoms with Crippen molar-refractivity contribution in [2.75, 3.05) is 13.2 Å². The molecule has 2 unspecified atom stereocenters. The number of rotatable bonds is 17. The molecule has 232 valence electrons. The topological polar surface area (TPSA) is 90.2 Å². The normalized spacial score (nSPS) is 16.2. The number of fused-ring (bicyclic) bond motifs is 3. The first kappa shape index (κ1) is 37.9. The van der Waals surface area contributed by atoms with Gasteiger partial charge in [-0.2, -0.15) is 0 Å². The van der Waals surface area contributed by atoms with Gasteiger partial charge in [-0.05, 0) is 57.9 Å². The summed E-state index contributed by atoms with van der Waals surface area (Å²) in [6.45, 7) is 21.0. The fraction of sp³-hybridized carbons (Fsp3) is 0.543. The van der Waals surface area contributed by atoms with E-state index in [4.69, 9.17) is 4.65 Å². The van der Waals surface area contributed by atoms with Crippen molar-refractivity contribution >= 4 is 25.2 Å². The van der Waals surface area contributed by atoms with Crippen LogP contribution in [-0.4, -0.2) is 47.6 Å². The van der Waals surface area contributed by atoms with Crippen LogP contribution >= 0.6 is 0 Å². The minimum Gasteiger partial charge on any atom is -0.423 e. The van der Waals surface area contributed by atoms with Gasteiger partial charge in [-0.25, -0.2) is 0 Å². The Labute approximate surface area is 257 Å². The lowest BCUT2D eigenvalue weighted by Crippen LogP contribution is -2.38. The molecule has 2 atom stereocenters. The third-order valence-electron chi connectivity index (χ3n) is 8.72. The standard InChI is InChI=1S/C31H48B2O5.2C2H4/c1-5-9-11-23(7-3)21-31(22-24(8-4)12-10-6-2)29-19-25(32(35)36)13-15-27(29)28-16-14-26(20-30(28)31)33(37)38-18-17-34;2*1-2/h13-16,19-20,23-24,34-37H,5-12,17-18,21-22H2,1-4H3;2*1-2H2. The molecule has 0 radical (unpaired) electrons. The van der Waals surface area contributed by atoms with Crippen molar-refractivity contribution in [2.24, 2.45) is 11.8 Å². The zero-order chi connectivity index (χ0) is 31.7. The van der Waals surface area contributed by atoms with Gasteiger partial charge in [-0.15, -0.1) is 26.3 Å². The molecule has 3 rings (SSSR count). The third-order valence-corrected chi connectivity index (χ3v) is 8.72. The van der Waals surface area contributed by atoms with E-state index in [1.807, 2.05) is 24.3 Å². The van der Waals surface area contributed by atoms with Gasteiger partial charge in [-0.1, -0.05) is 115 Å². The Morgan fingerprint density at radius 1 is 0.738 bits per heavy atom. The van der Waals surface area contributed by atoms with Crippen LogP contribution in [0.15, 0.2) is 62.7 Å². The molecule has 2 aromatic rings. The Hall–Kier alpha value is -2.15. The van der Waals surface area contributed by atoms with Crippen LogP contribution in [0, 0.1) is 11.8 Å². The Morgan fingerprint density at radius 2 is 1.19 bits per heavy atom. The van der Waals surface area contributed by atoms with Gasteiger partial charge in [0.15, 0.2) is 0 Å². The van der Waals surface area contributed by atoms with E-state index < -0.39 is 14.2 Å². The maximum absolute atomic E-state index is 10.8. The zero-order valence-corrected chi connectivity index (χ0v) is 26.8. The van der Waals surface area contributed by atoms with E-state index >= 15 is 0 Å². The average molecular weight is 578 g/mol. The Bertz CT molecular complexity index is 1020. The monoisotopic (exact) mass is 578 g/mol. The van der Waals surface area contributed by atoms with Gasteiger partial charge in [0.1, 0.15) is 0 Å². The molecule has 4 N–H and O–H groups in total. The van der Waals surface area contributed by atoms with E-state index in [-0.39, 0.29) is 18.6 Å². The molecule has 42 heavy (non-hydrogen) atoms. The highest BCUT2D eigenvalue weighted by Crippen LogP contribution is 2.55. The van der Waals surface area contributed by atoms with Crippen LogP contribution in [-0.2, 0) is 10.1 Å². The van der Waals surface area contributed by atoms with Crippen molar-refractivity contribution < 1.29 is 24.8 Å². The van der Waals surface area contributed by atoms with Crippen molar-refractivity contribution in [3.63, 3.8) is 0 Å². The van der Waals surface area contributed by atoms with Crippen molar-refractivity contribution in [2.45, 2.75) is 97.3 Å². The highest BCUT2D eigenvalue weighted by Gasteiger charge is 2.46. The lowest BCUT2D eigenvalue weighted by molar-refractivity contribution is 0.183. The third kappa shape index (κ3) is 9.42. The molecule has 0 amide bonds. The molecule has 0 heterocycles. The second-order valence-electron chi connectivity index (χ2n) is 11.3. The second kappa shape index (κ2) is 19.9. The van der Waals surface area contributed by atoms with Crippen LogP contribution in [0.5, 0.6) is 0 Å². The molecule has 1 aliphatic rings. The highest BCUT2D eigenvalue weighted by molar-refractivity contribution is 6.60. The molecular formula is C35H56B2O5. The van der Waals surface area contributed by atoms with Crippen LogP contribution in [0.1, 0.15) is 103 Å². The van der Waals surface area contributed by atoms with Crippen molar-refractivity contribution in [3.05, 3.63) is 73.8 Å². The van der Waals surface area contributed by atoms with Crippen LogP contribution < -0.4 is 10.9 Å². The van der Waals surface area contributed by atoms with E-state index in [0.717, 1.165) is 36.8 Å². The van der Waals surface area contributed by atoms with Gasteiger partial charge in [0.2, 0.25) is 0 Å². The quantitative estimate of drug-likeness (QED) is 0.134. The van der Waals surface area contributed by atoms with Crippen molar-refractivity contribution in [1.29, 1.82) is 0 Å². The molecular weight excluding hydrogens is 522 g/mol. The summed E-state index contributed by atoms with van der Waals surface area (Å²) in [6.07, 6.45) is 11.3. The van der Waals surface area contributed by atoms with Crippen molar-refractivity contribution in [1.82, 2.24) is 0 Å². The minimum absolute atomic E-state index is 0.0746. The summed E-state index contributed by atoms with van der Waals surface area (Å²) in [5, 5.41) is 40.2. The molecule has 0 saturated heterocycles. The summed E-state index contributed by atoms with van der Waals surface area (Å²) >= 11 is 0. The first-order chi connectivity index (χ1) is 20.3. The summed E-state index contributed by atoms with van der Waals surface area (Å²) in [5.41, 5.74) is 5.64. The predicted molar refractivity (Wildman–Crippen MR) is 181 cm³/mol. The lowest BCUT2D eigenvalue weighted by Gasteiger charge is -2.39. The van der Waals surface area contributed by atoms with Gasteiger partial charge in [0.05, 0.1) is 13.2 Å². The van der Waals surface area contributed by atoms with E-state index in [2.05, 4.69) is 66.1 Å². The first-order valence-electron chi connectivity index (χ1n) is 15.9. The molecule has 2 aromatic carbocycles. The molecule has 0 saturated carbocycles. The Balaban J connectivity index is 0.00000211. The maximum atomic E-state index is 10.8. The van der Waals surface area contributed by atoms with Crippen LogP contribution in [0.4, 0.5) is 0 Å².